The number of hydrogen-bond acceptors (Lipinski definition) is 6. The van der Waals surface area contributed by atoms with E-state index in [2.05, 4.69) is 20.5 Å². The van der Waals surface area contributed by atoms with Crippen LogP contribution in [0.4, 0.5) is 11.6 Å². The first-order valence-corrected chi connectivity index (χ1v) is 8.11. The minimum atomic E-state index is -0.269. The average Bonchev–Trinajstić information content (AvgIpc) is 2.66. The first-order chi connectivity index (χ1) is 12.7. The number of methoxy groups -OCH3 is 2. The molecule has 26 heavy (non-hydrogen) atoms. The Bertz CT molecular complexity index is 905. The zero-order valence-electron chi connectivity index (χ0n) is 14.7. The molecule has 0 saturated heterocycles. The molecule has 7 heteroatoms. The minimum absolute atomic E-state index is 0.269. The third-order valence-electron chi connectivity index (χ3n) is 3.82. The lowest BCUT2D eigenvalue weighted by Gasteiger charge is -2.07. The van der Waals surface area contributed by atoms with Crippen LogP contribution in [-0.2, 0) is 17.8 Å². The molecule has 0 fully saturated rings. The van der Waals surface area contributed by atoms with Gasteiger partial charge in [0.2, 0.25) is 5.95 Å². The Morgan fingerprint density at radius 3 is 2.27 bits per heavy atom. The van der Waals surface area contributed by atoms with Crippen molar-refractivity contribution in [1.82, 2.24) is 15.2 Å². The van der Waals surface area contributed by atoms with Crippen LogP contribution >= 0.6 is 0 Å². The van der Waals surface area contributed by atoms with Crippen LogP contribution in [0.1, 0.15) is 16.8 Å². The summed E-state index contributed by atoms with van der Waals surface area (Å²) in [6, 6.07) is 15.1. The molecule has 0 unspecified atom stereocenters. The number of rotatable bonds is 7. The summed E-state index contributed by atoms with van der Waals surface area (Å²) < 4.78 is 10.2. The predicted molar refractivity (Wildman–Crippen MR) is 98.9 cm³/mol. The summed E-state index contributed by atoms with van der Waals surface area (Å²) in [5.41, 5.74) is 2.91. The molecule has 0 amide bonds. The number of aromatic amines is 1. The van der Waals surface area contributed by atoms with Crippen molar-refractivity contribution >= 4 is 11.6 Å². The van der Waals surface area contributed by atoms with E-state index in [1.807, 2.05) is 48.5 Å². The molecule has 0 spiro atoms. The van der Waals surface area contributed by atoms with Gasteiger partial charge < -0.3 is 14.8 Å². The Labute approximate surface area is 151 Å². The first-order valence-electron chi connectivity index (χ1n) is 8.11. The minimum Gasteiger partial charge on any atom is -0.497 e. The van der Waals surface area contributed by atoms with Crippen molar-refractivity contribution < 1.29 is 9.47 Å². The first kappa shape index (κ1) is 17.6. The maximum atomic E-state index is 12.3. The van der Waals surface area contributed by atoms with Gasteiger partial charge in [-0.2, -0.15) is 0 Å². The van der Waals surface area contributed by atoms with E-state index in [9.17, 15) is 4.79 Å². The molecular formula is C19H20N4O3. The van der Waals surface area contributed by atoms with Crippen molar-refractivity contribution in [2.75, 3.05) is 19.5 Å². The van der Waals surface area contributed by atoms with Crippen molar-refractivity contribution in [3.8, 4) is 5.75 Å². The van der Waals surface area contributed by atoms with Gasteiger partial charge in [-0.15, -0.1) is 10.2 Å². The molecule has 134 valence electrons. The molecule has 1 aromatic heterocycles. The Hall–Kier alpha value is -3.19. The number of nitrogens with zero attached hydrogens (tertiary/aromatic N) is 2. The highest BCUT2D eigenvalue weighted by Gasteiger charge is 2.07. The zero-order valence-corrected chi connectivity index (χ0v) is 14.7. The second-order valence-corrected chi connectivity index (χ2v) is 5.73. The van der Waals surface area contributed by atoms with Gasteiger partial charge in [-0.25, -0.2) is 0 Å². The van der Waals surface area contributed by atoms with Crippen molar-refractivity contribution in [2.24, 2.45) is 0 Å². The number of benzene rings is 2. The predicted octanol–water partition coefficient (Wildman–Crippen LogP) is 2.65. The lowest BCUT2D eigenvalue weighted by atomic mass is 10.1. The molecule has 0 atom stereocenters. The third-order valence-corrected chi connectivity index (χ3v) is 3.82. The molecule has 0 bridgehead atoms. The van der Waals surface area contributed by atoms with Crippen LogP contribution in [-0.4, -0.2) is 29.4 Å². The smallest absolute Gasteiger partial charge is 0.274 e. The molecule has 0 aliphatic rings. The Morgan fingerprint density at radius 1 is 0.962 bits per heavy atom. The van der Waals surface area contributed by atoms with Gasteiger partial charge in [0.15, 0.2) is 0 Å². The zero-order chi connectivity index (χ0) is 18.4. The van der Waals surface area contributed by atoms with E-state index in [1.54, 1.807) is 14.2 Å². The third kappa shape index (κ3) is 4.46. The molecule has 0 aliphatic carbocycles. The van der Waals surface area contributed by atoms with E-state index in [0.29, 0.717) is 24.7 Å². The number of nitrogens with one attached hydrogen (secondary N) is 2. The summed E-state index contributed by atoms with van der Waals surface area (Å²) in [5.74, 6) is 1.07. The normalized spacial score (nSPS) is 10.5. The van der Waals surface area contributed by atoms with E-state index in [0.717, 1.165) is 22.6 Å². The van der Waals surface area contributed by atoms with Crippen LogP contribution < -0.4 is 15.6 Å². The fourth-order valence-corrected chi connectivity index (χ4v) is 2.46. The molecule has 0 radical (unpaired) electrons. The van der Waals surface area contributed by atoms with Gasteiger partial charge in [-0.3, -0.25) is 9.78 Å². The number of hydrogen-bond donors (Lipinski definition) is 2. The van der Waals surface area contributed by atoms with E-state index in [1.165, 1.54) is 0 Å². The molecular weight excluding hydrogens is 332 g/mol. The van der Waals surface area contributed by atoms with Gasteiger partial charge in [0.1, 0.15) is 11.4 Å². The Morgan fingerprint density at radius 2 is 1.65 bits per heavy atom. The van der Waals surface area contributed by atoms with Crippen molar-refractivity contribution in [3.63, 3.8) is 0 Å². The van der Waals surface area contributed by atoms with Crippen LogP contribution in [0.25, 0.3) is 0 Å². The highest BCUT2D eigenvalue weighted by molar-refractivity contribution is 5.53. The monoisotopic (exact) mass is 352 g/mol. The van der Waals surface area contributed by atoms with Crippen LogP contribution in [0.2, 0.25) is 0 Å². The van der Waals surface area contributed by atoms with Crippen molar-refractivity contribution in [2.45, 2.75) is 13.0 Å². The molecule has 2 N–H and O–H groups in total. The number of H-pyrrole nitrogens is 1. The standard InChI is InChI=1S/C19H20N4O3/c1-25-12-14-3-7-15(8-4-14)20-19-21-18(24)17(22-23-19)11-13-5-9-16(26-2)10-6-13/h3-10H,11-12H2,1-2H3,(H2,20,21,23,24). The maximum absolute atomic E-state index is 12.3. The topological polar surface area (TPSA) is 89.1 Å². The van der Waals surface area contributed by atoms with Gasteiger partial charge in [-0.1, -0.05) is 24.3 Å². The summed E-state index contributed by atoms with van der Waals surface area (Å²) in [6.07, 6.45) is 0.401. The lowest BCUT2D eigenvalue weighted by molar-refractivity contribution is 0.185. The van der Waals surface area contributed by atoms with Crippen LogP contribution in [0.3, 0.4) is 0 Å². The molecule has 7 nitrogen and oxygen atoms in total. The van der Waals surface area contributed by atoms with E-state index in [4.69, 9.17) is 9.47 Å². The second-order valence-electron chi connectivity index (χ2n) is 5.73. The summed E-state index contributed by atoms with van der Waals surface area (Å²) in [6.45, 7) is 0.553. The molecule has 3 rings (SSSR count). The summed E-state index contributed by atoms with van der Waals surface area (Å²) in [4.78, 5) is 15.0. The van der Waals surface area contributed by atoms with Crippen LogP contribution in [0, 0.1) is 0 Å². The number of ether oxygens (including phenoxy) is 2. The Balaban J connectivity index is 1.69. The largest absolute Gasteiger partial charge is 0.497 e. The van der Waals surface area contributed by atoms with Gasteiger partial charge >= 0.3 is 0 Å². The molecule has 2 aromatic carbocycles. The fourth-order valence-electron chi connectivity index (χ4n) is 2.46. The van der Waals surface area contributed by atoms with Gasteiger partial charge in [0.25, 0.3) is 5.56 Å². The Kier molecular flexibility index (Phi) is 5.60. The molecule has 1 heterocycles. The highest BCUT2D eigenvalue weighted by atomic mass is 16.5. The van der Waals surface area contributed by atoms with E-state index >= 15 is 0 Å². The van der Waals surface area contributed by atoms with Crippen molar-refractivity contribution in [1.29, 1.82) is 0 Å². The average molecular weight is 352 g/mol. The van der Waals surface area contributed by atoms with Crippen LogP contribution in [0.5, 0.6) is 5.75 Å². The van der Waals surface area contributed by atoms with Gasteiger partial charge in [0, 0.05) is 19.2 Å². The lowest BCUT2D eigenvalue weighted by Crippen LogP contribution is -2.18. The van der Waals surface area contributed by atoms with Gasteiger partial charge in [0.05, 0.1) is 13.7 Å². The number of anilines is 2. The second kappa shape index (κ2) is 8.26. The SMILES string of the molecule is COCc1ccc(Nc2nnc(Cc3ccc(OC)cc3)c(=O)[nH]2)cc1. The fraction of sp³-hybridized carbons (Fsp3) is 0.211. The molecule has 0 aliphatic heterocycles. The van der Waals surface area contributed by atoms with Crippen molar-refractivity contribution in [3.05, 3.63) is 75.7 Å². The van der Waals surface area contributed by atoms with E-state index < -0.39 is 0 Å². The van der Waals surface area contributed by atoms with Gasteiger partial charge in [-0.05, 0) is 35.4 Å². The summed E-state index contributed by atoms with van der Waals surface area (Å²) >= 11 is 0. The number of aromatic nitrogens is 3. The summed E-state index contributed by atoms with van der Waals surface area (Å²) in [5, 5.41) is 11.1. The highest BCUT2D eigenvalue weighted by Crippen LogP contribution is 2.14. The van der Waals surface area contributed by atoms with E-state index in [-0.39, 0.29) is 5.56 Å². The molecule has 3 aromatic rings. The summed E-state index contributed by atoms with van der Waals surface area (Å²) in [7, 11) is 3.27. The van der Waals surface area contributed by atoms with Crippen LogP contribution in [0.15, 0.2) is 53.3 Å². The maximum Gasteiger partial charge on any atom is 0.274 e. The quantitative estimate of drug-likeness (QED) is 0.679. The molecule has 0 saturated carbocycles.